The molecule has 7 heteroatoms. The van der Waals surface area contributed by atoms with E-state index in [2.05, 4.69) is 20.8 Å². The zero-order valence-electron chi connectivity index (χ0n) is 8.93. The second-order valence-electron chi connectivity index (χ2n) is 3.73. The van der Waals surface area contributed by atoms with Crippen LogP contribution in [-0.4, -0.2) is 39.2 Å². The summed E-state index contributed by atoms with van der Waals surface area (Å²) in [5.74, 6) is 0.376. The smallest absolute Gasteiger partial charge is 0.244 e. The maximum Gasteiger partial charge on any atom is 0.244 e. The highest BCUT2D eigenvalue weighted by Crippen LogP contribution is 2.01. The van der Waals surface area contributed by atoms with Crippen LogP contribution in [0.5, 0.6) is 0 Å². The number of aromatic nitrogens is 3. The summed E-state index contributed by atoms with van der Waals surface area (Å²) in [6.45, 7) is 0.595. The van der Waals surface area contributed by atoms with Crippen molar-refractivity contribution in [1.82, 2.24) is 25.4 Å². The maximum absolute atomic E-state index is 11.2. The summed E-state index contributed by atoms with van der Waals surface area (Å²) in [4.78, 5) is 22.1. The number of imide groups is 1. The number of carbonyl (C=O) groups excluding carboxylic acids is 2. The van der Waals surface area contributed by atoms with E-state index in [-0.39, 0.29) is 18.2 Å². The Balaban J connectivity index is 1.78. The van der Waals surface area contributed by atoms with Gasteiger partial charge in [0.05, 0.1) is 12.5 Å². The highest BCUT2D eigenvalue weighted by Gasteiger charge is 2.29. The maximum atomic E-state index is 11.2. The Morgan fingerprint density at radius 1 is 1.62 bits per heavy atom. The fourth-order valence-corrected chi connectivity index (χ4v) is 1.61. The van der Waals surface area contributed by atoms with Gasteiger partial charge < -0.3 is 9.88 Å². The zero-order chi connectivity index (χ0) is 11.5. The Bertz CT molecular complexity index is 414. The molecular formula is C9H13N5O2. The molecule has 7 nitrogen and oxygen atoms in total. The molecule has 86 valence electrons. The number of aryl methyl sites for hydroxylation is 1. The zero-order valence-corrected chi connectivity index (χ0v) is 8.93. The number of nitrogens with zero attached hydrogens (tertiary/aromatic N) is 3. The number of amides is 2. The van der Waals surface area contributed by atoms with E-state index in [0.717, 1.165) is 5.82 Å². The van der Waals surface area contributed by atoms with Crippen molar-refractivity contribution in [3.05, 3.63) is 12.2 Å². The van der Waals surface area contributed by atoms with Crippen LogP contribution >= 0.6 is 0 Å². The van der Waals surface area contributed by atoms with E-state index in [0.29, 0.717) is 13.0 Å². The van der Waals surface area contributed by atoms with Crippen LogP contribution in [0.25, 0.3) is 0 Å². The van der Waals surface area contributed by atoms with E-state index >= 15 is 0 Å². The van der Waals surface area contributed by atoms with Crippen LogP contribution in [0, 0.1) is 0 Å². The third-order valence-corrected chi connectivity index (χ3v) is 2.51. The normalized spacial score (nSPS) is 20.2. The molecule has 1 atom stereocenters. The van der Waals surface area contributed by atoms with Crippen molar-refractivity contribution in [3.8, 4) is 0 Å². The first-order valence-corrected chi connectivity index (χ1v) is 5.07. The molecule has 1 fully saturated rings. The van der Waals surface area contributed by atoms with Gasteiger partial charge in [0.1, 0.15) is 12.2 Å². The second kappa shape index (κ2) is 4.40. The van der Waals surface area contributed by atoms with Crippen molar-refractivity contribution >= 4 is 11.8 Å². The van der Waals surface area contributed by atoms with Gasteiger partial charge in [-0.3, -0.25) is 14.9 Å². The Morgan fingerprint density at radius 2 is 2.44 bits per heavy atom. The lowest BCUT2D eigenvalue weighted by Gasteiger charge is -2.07. The highest BCUT2D eigenvalue weighted by molar-refractivity contribution is 6.05. The summed E-state index contributed by atoms with van der Waals surface area (Å²) in [7, 11) is 1.86. The van der Waals surface area contributed by atoms with Gasteiger partial charge in [-0.1, -0.05) is 0 Å². The standard InChI is InChI=1S/C9H13N5O2/c1-14-5-11-13-7(14)2-3-10-6-4-8(15)12-9(6)16/h5-6,10H,2-4H2,1H3,(H,12,15,16). The molecule has 1 aromatic heterocycles. The number of hydrogen-bond donors (Lipinski definition) is 2. The molecule has 0 aliphatic carbocycles. The van der Waals surface area contributed by atoms with Crippen LogP contribution in [0.4, 0.5) is 0 Å². The van der Waals surface area contributed by atoms with Gasteiger partial charge in [0.25, 0.3) is 0 Å². The highest BCUT2D eigenvalue weighted by atomic mass is 16.2. The molecule has 1 aromatic rings. The van der Waals surface area contributed by atoms with Gasteiger partial charge >= 0.3 is 0 Å². The quantitative estimate of drug-likeness (QED) is 0.598. The van der Waals surface area contributed by atoms with Crippen molar-refractivity contribution in [2.45, 2.75) is 18.9 Å². The van der Waals surface area contributed by atoms with Gasteiger partial charge in [-0.15, -0.1) is 10.2 Å². The monoisotopic (exact) mass is 223 g/mol. The SMILES string of the molecule is Cn1cnnc1CCNC1CC(=O)NC1=O. The lowest BCUT2D eigenvalue weighted by molar-refractivity contribution is -0.125. The van der Waals surface area contributed by atoms with Crippen molar-refractivity contribution in [1.29, 1.82) is 0 Å². The van der Waals surface area contributed by atoms with E-state index in [1.54, 1.807) is 6.33 Å². The molecule has 0 bridgehead atoms. The van der Waals surface area contributed by atoms with E-state index in [9.17, 15) is 9.59 Å². The minimum absolute atomic E-state index is 0.220. The van der Waals surface area contributed by atoms with E-state index in [4.69, 9.17) is 0 Å². The van der Waals surface area contributed by atoms with Crippen LogP contribution in [0.1, 0.15) is 12.2 Å². The molecule has 2 rings (SSSR count). The van der Waals surface area contributed by atoms with Gasteiger partial charge in [0.15, 0.2) is 0 Å². The molecule has 16 heavy (non-hydrogen) atoms. The average molecular weight is 223 g/mol. The Morgan fingerprint density at radius 3 is 3.00 bits per heavy atom. The molecule has 2 heterocycles. The van der Waals surface area contributed by atoms with Crippen molar-refractivity contribution in [3.63, 3.8) is 0 Å². The van der Waals surface area contributed by atoms with Crippen molar-refractivity contribution in [2.75, 3.05) is 6.54 Å². The van der Waals surface area contributed by atoms with Gasteiger partial charge in [-0.05, 0) is 0 Å². The average Bonchev–Trinajstić information content (AvgIpc) is 2.75. The molecule has 1 aliphatic heterocycles. The number of hydrogen-bond acceptors (Lipinski definition) is 5. The third-order valence-electron chi connectivity index (χ3n) is 2.51. The Kier molecular flexibility index (Phi) is 2.95. The van der Waals surface area contributed by atoms with Crippen LogP contribution in [-0.2, 0) is 23.1 Å². The summed E-state index contributed by atoms with van der Waals surface area (Å²) in [5, 5.41) is 12.9. The fourth-order valence-electron chi connectivity index (χ4n) is 1.61. The topological polar surface area (TPSA) is 88.9 Å². The molecule has 2 N–H and O–H groups in total. The molecule has 1 unspecified atom stereocenters. The lowest BCUT2D eigenvalue weighted by atomic mass is 10.2. The lowest BCUT2D eigenvalue weighted by Crippen LogP contribution is -2.37. The fraction of sp³-hybridized carbons (Fsp3) is 0.556. The number of carbonyl (C=O) groups is 2. The molecular weight excluding hydrogens is 210 g/mol. The Labute approximate surface area is 92.2 Å². The largest absolute Gasteiger partial charge is 0.321 e. The first kappa shape index (κ1) is 10.7. The van der Waals surface area contributed by atoms with Crippen molar-refractivity contribution < 1.29 is 9.59 Å². The first-order chi connectivity index (χ1) is 7.66. The predicted molar refractivity (Wildman–Crippen MR) is 54.3 cm³/mol. The van der Waals surface area contributed by atoms with Crippen LogP contribution in [0.2, 0.25) is 0 Å². The van der Waals surface area contributed by atoms with Gasteiger partial charge in [-0.25, -0.2) is 0 Å². The summed E-state index contributed by atoms with van der Waals surface area (Å²) in [5.41, 5.74) is 0. The molecule has 1 aliphatic rings. The van der Waals surface area contributed by atoms with Gasteiger partial charge in [0, 0.05) is 20.0 Å². The summed E-state index contributed by atoms with van der Waals surface area (Å²) in [6.07, 6.45) is 2.52. The summed E-state index contributed by atoms with van der Waals surface area (Å²) < 4.78 is 1.82. The number of nitrogens with one attached hydrogen (secondary N) is 2. The van der Waals surface area contributed by atoms with Crippen LogP contribution < -0.4 is 10.6 Å². The first-order valence-electron chi connectivity index (χ1n) is 5.07. The second-order valence-corrected chi connectivity index (χ2v) is 3.73. The minimum atomic E-state index is -0.402. The van der Waals surface area contributed by atoms with Gasteiger partial charge in [0.2, 0.25) is 11.8 Å². The van der Waals surface area contributed by atoms with Crippen LogP contribution in [0.3, 0.4) is 0 Å². The molecule has 0 spiro atoms. The predicted octanol–water partition coefficient (Wildman–Crippen LogP) is -1.64. The molecule has 0 radical (unpaired) electrons. The molecule has 0 aromatic carbocycles. The minimum Gasteiger partial charge on any atom is -0.321 e. The molecule has 0 saturated carbocycles. The summed E-state index contributed by atoms with van der Waals surface area (Å²) in [6, 6.07) is -0.402. The summed E-state index contributed by atoms with van der Waals surface area (Å²) >= 11 is 0. The molecule has 2 amide bonds. The van der Waals surface area contributed by atoms with Crippen LogP contribution in [0.15, 0.2) is 6.33 Å². The van der Waals surface area contributed by atoms with E-state index in [1.807, 2.05) is 11.6 Å². The number of rotatable bonds is 4. The molecule has 1 saturated heterocycles. The van der Waals surface area contributed by atoms with Gasteiger partial charge in [-0.2, -0.15) is 0 Å². The van der Waals surface area contributed by atoms with E-state index < -0.39 is 6.04 Å². The third kappa shape index (κ3) is 2.25. The van der Waals surface area contributed by atoms with E-state index in [1.165, 1.54) is 0 Å². The Hall–Kier alpha value is -1.76. The van der Waals surface area contributed by atoms with Crippen molar-refractivity contribution in [2.24, 2.45) is 7.05 Å².